The number of esters is 2. The summed E-state index contributed by atoms with van der Waals surface area (Å²) in [7, 11) is -5.22. The highest BCUT2D eigenvalue weighted by Gasteiger charge is 2.51. The number of rotatable bonds is 35. The van der Waals surface area contributed by atoms with E-state index in [-0.39, 0.29) is 25.7 Å². The number of aliphatic hydroxyl groups is 8. The first-order chi connectivity index (χ1) is 30.6. The molecule has 0 saturated heterocycles. The van der Waals surface area contributed by atoms with Gasteiger partial charge in [-0.3, -0.25) is 18.6 Å². The van der Waals surface area contributed by atoms with Gasteiger partial charge in [0.1, 0.15) is 43.2 Å². The number of carbonyl (C=O) groups excluding carboxylic acids is 2. The fourth-order valence-corrected chi connectivity index (χ4v) is 7.18. The summed E-state index contributed by atoms with van der Waals surface area (Å²) in [5.74, 6) is -1.48. The smallest absolute Gasteiger partial charge is 0.462 e. The van der Waals surface area contributed by atoms with Crippen molar-refractivity contribution in [3.8, 4) is 0 Å². The molecular formula is C47H77O16P. The highest BCUT2D eigenvalue weighted by Crippen LogP contribution is 2.47. The van der Waals surface area contributed by atoms with Gasteiger partial charge in [-0.05, 0) is 64.2 Å². The normalized spacial score (nSPS) is 23.9. The van der Waals surface area contributed by atoms with Crippen LogP contribution in [0.5, 0.6) is 0 Å². The Hall–Kier alpha value is -3.09. The summed E-state index contributed by atoms with van der Waals surface area (Å²) in [6.07, 6.45) is 21.3. The molecular weight excluding hydrogens is 851 g/mol. The Morgan fingerprint density at radius 2 is 1.11 bits per heavy atom. The molecule has 0 aromatic carbocycles. The number of ether oxygens (including phenoxy) is 2. The molecule has 1 fully saturated rings. The minimum absolute atomic E-state index is 0.0304. The average Bonchev–Trinajstić information content (AvgIpc) is 3.26. The second-order valence-electron chi connectivity index (χ2n) is 15.8. The predicted molar refractivity (Wildman–Crippen MR) is 243 cm³/mol. The molecule has 1 aliphatic rings. The van der Waals surface area contributed by atoms with Crippen molar-refractivity contribution in [1.82, 2.24) is 0 Å². The van der Waals surface area contributed by atoms with E-state index in [1.807, 2.05) is 12.2 Å². The number of hydrogen-bond donors (Lipinski definition) is 9. The van der Waals surface area contributed by atoms with E-state index in [1.165, 1.54) is 25.3 Å². The monoisotopic (exact) mass is 928 g/mol. The van der Waals surface area contributed by atoms with Crippen molar-refractivity contribution >= 4 is 19.8 Å². The third-order valence-corrected chi connectivity index (χ3v) is 11.1. The van der Waals surface area contributed by atoms with Crippen LogP contribution >= 0.6 is 7.82 Å². The van der Waals surface area contributed by atoms with Gasteiger partial charge in [-0.2, -0.15) is 0 Å². The first kappa shape index (κ1) is 58.9. The summed E-state index contributed by atoms with van der Waals surface area (Å²) in [4.78, 5) is 35.7. The van der Waals surface area contributed by atoms with Gasteiger partial charge >= 0.3 is 19.8 Å². The average molecular weight is 929 g/mol. The van der Waals surface area contributed by atoms with Crippen molar-refractivity contribution in [1.29, 1.82) is 0 Å². The Morgan fingerprint density at radius 1 is 0.594 bits per heavy atom. The van der Waals surface area contributed by atoms with Gasteiger partial charge in [0.2, 0.25) is 0 Å². The first-order valence-electron chi connectivity index (χ1n) is 22.7. The lowest BCUT2D eigenvalue weighted by Crippen LogP contribution is -2.64. The SMILES string of the molecule is CCCCC/C=C\C/C=C\C/C=C\CCCCC(=O)O[C@H](COC(=O)CCC[C@@H](O)[C@H](O)/C=C/C=C/C=C\C=C\[C@H](O)CCCCC)COP(=O)(O)OC1[C@H](O)[C@H](O)C(O)[C@H](O)[C@H]1O. The third kappa shape index (κ3) is 28.1. The molecule has 16 nitrogen and oxygen atoms in total. The molecule has 0 aliphatic heterocycles. The van der Waals surface area contributed by atoms with E-state index < -0.39 is 94.0 Å². The van der Waals surface area contributed by atoms with Crippen LogP contribution in [-0.4, -0.2) is 132 Å². The Balaban J connectivity index is 2.66. The molecule has 3 unspecified atom stereocenters. The molecule has 1 aliphatic carbocycles. The van der Waals surface area contributed by atoms with Gasteiger partial charge in [0.05, 0.1) is 24.9 Å². The van der Waals surface area contributed by atoms with Crippen LogP contribution < -0.4 is 0 Å². The molecule has 366 valence electrons. The highest BCUT2D eigenvalue weighted by molar-refractivity contribution is 7.47. The fraction of sp³-hybridized carbons (Fsp3) is 0.660. The number of carbonyl (C=O) groups is 2. The van der Waals surface area contributed by atoms with Crippen LogP contribution in [0.3, 0.4) is 0 Å². The quantitative estimate of drug-likeness (QED) is 0.0126. The molecule has 17 heteroatoms. The van der Waals surface area contributed by atoms with Crippen LogP contribution in [-0.2, 0) is 32.7 Å². The van der Waals surface area contributed by atoms with Crippen molar-refractivity contribution in [3.05, 3.63) is 85.1 Å². The van der Waals surface area contributed by atoms with Crippen molar-refractivity contribution in [2.75, 3.05) is 13.2 Å². The Morgan fingerprint density at radius 3 is 1.72 bits per heavy atom. The maximum absolute atomic E-state index is 12.8. The number of hydrogen-bond acceptors (Lipinski definition) is 15. The fourth-order valence-electron chi connectivity index (χ4n) is 6.20. The van der Waals surface area contributed by atoms with Crippen molar-refractivity contribution < 1.29 is 78.4 Å². The summed E-state index contributed by atoms with van der Waals surface area (Å²) >= 11 is 0. The minimum atomic E-state index is -5.22. The van der Waals surface area contributed by atoms with E-state index in [9.17, 15) is 59.9 Å². The predicted octanol–water partition coefficient (Wildman–Crippen LogP) is 5.41. The number of unbranched alkanes of at least 4 members (excludes halogenated alkanes) is 7. The van der Waals surface area contributed by atoms with Gasteiger partial charge in [-0.15, -0.1) is 0 Å². The second-order valence-corrected chi connectivity index (χ2v) is 17.2. The number of phosphoric ester groups is 1. The van der Waals surface area contributed by atoms with Crippen LogP contribution in [0.25, 0.3) is 0 Å². The van der Waals surface area contributed by atoms with Crippen LogP contribution in [0.2, 0.25) is 0 Å². The lowest BCUT2D eigenvalue weighted by atomic mass is 9.85. The lowest BCUT2D eigenvalue weighted by molar-refractivity contribution is -0.220. The number of aliphatic hydroxyl groups excluding tert-OH is 8. The molecule has 1 saturated carbocycles. The topological polar surface area (TPSA) is 270 Å². The van der Waals surface area contributed by atoms with Crippen molar-refractivity contribution in [2.24, 2.45) is 0 Å². The van der Waals surface area contributed by atoms with Gasteiger partial charge in [0.25, 0.3) is 0 Å². The van der Waals surface area contributed by atoms with E-state index in [0.29, 0.717) is 25.7 Å². The van der Waals surface area contributed by atoms with Gasteiger partial charge in [-0.25, -0.2) is 4.57 Å². The molecule has 64 heavy (non-hydrogen) atoms. The maximum atomic E-state index is 12.8. The van der Waals surface area contributed by atoms with Crippen molar-refractivity contribution in [2.45, 2.75) is 184 Å². The molecule has 11 atom stereocenters. The lowest BCUT2D eigenvalue weighted by Gasteiger charge is -2.41. The molecule has 0 amide bonds. The van der Waals surface area contributed by atoms with Crippen LogP contribution in [0.4, 0.5) is 0 Å². The second kappa shape index (κ2) is 36.1. The summed E-state index contributed by atoms with van der Waals surface area (Å²) in [6.45, 7) is 2.81. The third-order valence-electron chi connectivity index (χ3n) is 10.1. The number of allylic oxidation sites excluding steroid dienone is 12. The highest BCUT2D eigenvalue weighted by atomic mass is 31.2. The van der Waals surface area contributed by atoms with E-state index in [2.05, 4.69) is 38.2 Å². The molecule has 0 aromatic rings. The van der Waals surface area contributed by atoms with E-state index in [1.54, 1.807) is 42.5 Å². The van der Waals surface area contributed by atoms with E-state index >= 15 is 0 Å². The molecule has 1 rings (SSSR count). The Bertz CT molecular complexity index is 1490. The first-order valence-corrected chi connectivity index (χ1v) is 24.2. The van der Waals surface area contributed by atoms with Gasteiger partial charge in [0, 0.05) is 12.8 Å². The summed E-state index contributed by atoms with van der Waals surface area (Å²) in [6, 6.07) is 0. The van der Waals surface area contributed by atoms with Crippen molar-refractivity contribution in [3.63, 3.8) is 0 Å². The largest absolute Gasteiger partial charge is 0.472 e. The molecule has 0 spiro atoms. The zero-order chi connectivity index (χ0) is 47.6. The van der Waals surface area contributed by atoms with Gasteiger partial charge < -0.3 is 55.2 Å². The number of phosphoric acid groups is 1. The summed E-state index contributed by atoms with van der Waals surface area (Å²) in [5.41, 5.74) is 0. The summed E-state index contributed by atoms with van der Waals surface area (Å²) in [5, 5.41) is 80.6. The minimum Gasteiger partial charge on any atom is -0.462 e. The van der Waals surface area contributed by atoms with Crippen LogP contribution in [0, 0.1) is 0 Å². The van der Waals surface area contributed by atoms with E-state index in [0.717, 1.165) is 38.5 Å². The van der Waals surface area contributed by atoms with Crippen LogP contribution in [0.1, 0.15) is 123 Å². The zero-order valence-corrected chi connectivity index (χ0v) is 38.5. The van der Waals surface area contributed by atoms with Crippen LogP contribution in [0.15, 0.2) is 85.1 Å². The molecule has 0 bridgehead atoms. The van der Waals surface area contributed by atoms with Gasteiger partial charge in [0.15, 0.2) is 6.10 Å². The van der Waals surface area contributed by atoms with E-state index in [4.69, 9.17) is 18.5 Å². The Labute approximate surface area is 379 Å². The molecule has 0 radical (unpaired) electrons. The molecule has 0 aromatic heterocycles. The zero-order valence-electron chi connectivity index (χ0n) is 37.6. The molecule has 9 N–H and O–H groups in total. The van der Waals surface area contributed by atoms with Gasteiger partial charge in [-0.1, -0.05) is 131 Å². The maximum Gasteiger partial charge on any atom is 0.472 e. The Kier molecular flexibility index (Phi) is 33.2. The molecule has 0 heterocycles. The summed E-state index contributed by atoms with van der Waals surface area (Å²) < 4.78 is 33.2. The standard InChI is InChI=1S/C47H77O16P/c1-3-5-7-8-9-10-11-12-13-14-15-16-17-22-26-32-41(52)62-37(35-61-64(58,59)63-47-45(56)43(54)42(53)44(55)46(47)57)34-60-40(51)33-27-31-39(50)38(49)30-25-21-19-18-20-24-29-36(48)28-23-6-4-2/h9-10,12-13,15-16,18-21,24-25,29-30,36-39,42-50,53-57H,3-8,11,14,17,22-23,26-28,31-35H2,1-2H3,(H,58,59)/b10-9-,13-12-,16-15-,20-18-,21-19+,29-24+,30-25+/t36-,37-,38-,39-,42?,43-,44+,45-,46-,47?/m1/s1.